The largest absolute Gasteiger partial charge is 0.462 e. The van der Waals surface area contributed by atoms with Crippen molar-refractivity contribution in [3.8, 4) is 0 Å². The molecule has 15 heteroatoms. The van der Waals surface area contributed by atoms with E-state index in [1.54, 1.807) is 0 Å². The summed E-state index contributed by atoms with van der Waals surface area (Å²) < 4.78 is 33.5. The fourth-order valence-corrected chi connectivity index (χ4v) is 7.46. The standard InChI is InChI=1S/C50H86O15/c1-3-5-7-9-11-13-15-17-19-21-22-24-26-28-30-32-41(52)60-35-38(63-42(53)33-31-29-27-25-23-20-18-16-14-12-10-8-6-4-2)36-61-49-48(59)46(57)44(55)40(65-49)37-62-50-47(58)45(56)43(54)39(34-51)64-50/h5,7,11,13,16-19,38-40,43-51,54-59H,3-4,6,8-10,12,14-15,20-37H2,1-2H3/b7-5+,13-11+,18-16+,19-17+/t38-,39-,40-,43+,44+,45?,46?,47?,48?,49-,50-/m1/s1. The summed E-state index contributed by atoms with van der Waals surface area (Å²) in [6.07, 6.45) is 22.8. The predicted octanol–water partition coefficient (Wildman–Crippen LogP) is 6.32. The molecule has 2 heterocycles. The molecule has 0 spiro atoms. The van der Waals surface area contributed by atoms with E-state index >= 15 is 0 Å². The Balaban J connectivity index is 1.84. The molecule has 0 aromatic carbocycles. The molecule has 376 valence electrons. The molecule has 0 bridgehead atoms. The van der Waals surface area contributed by atoms with Crippen molar-refractivity contribution < 1.29 is 73.8 Å². The number of hydrogen-bond donors (Lipinski definition) is 7. The summed E-state index contributed by atoms with van der Waals surface area (Å²) in [6.45, 7) is 2.43. The number of aliphatic hydroxyl groups is 7. The first-order valence-corrected chi connectivity index (χ1v) is 24.7. The lowest BCUT2D eigenvalue weighted by Gasteiger charge is -2.42. The number of esters is 2. The van der Waals surface area contributed by atoms with E-state index in [0.29, 0.717) is 12.8 Å². The SMILES string of the molecule is CC/C=C/C/C=C/C/C=C/CCCCCCCC(=O)OC[C@H](CO[C@@H]1O[C@H](CO[C@@H]2O[C@H](CO)[C@H](O)C(O)C2O)[C@H](O)C(O)C1O)OC(=O)CCCCCCC/C=C/CCCCCCC. The van der Waals surface area contributed by atoms with Gasteiger partial charge >= 0.3 is 11.9 Å². The van der Waals surface area contributed by atoms with Crippen LogP contribution in [-0.2, 0) is 38.0 Å². The Labute approximate surface area is 388 Å². The average Bonchev–Trinajstić information content (AvgIpc) is 3.30. The summed E-state index contributed by atoms with van der Waals surface area (Å²) in [4.78, 5) is 25.7. The highest BCUT2D eigenvalue weighted by molar-refractivity contribution is 5.70. The van der Waals surface area contributed by atoms with E-state index in [-0.39, 0.29) is 19.4 Å². The number of hydrogen-bond acceptors (Lipinski definition) is 15. The van der Waals surface area contributed by atoms with Gasteiger partial charge in [0.25, 0.3) is 0 Å². The maximum absolute atomic E-state index is 13.0. The predicted molar refractivity (Wildman–Crippen MR) is 247 cm³/mol. The van der Waals surface area contributed by atoms with Gasteiger partial charge in [-0.05, 0) is 70.6 Å². The molecule has 0 aliphatic carbocycles. The molecule has 11 atom stereocenters. The molecule has 2 saturated heterocycles. The molecule has 0 aromatic rings. The van der Waals surface area contributed by atoms with E-state index in [2.05, 4.69) is 62.5 Å². The van der Waals surface area contributed by atoms with E-state index in [4.69, 9.17) is 28.4 Å². The molecule has 4 unspecified atom stereocenters. The highest BCUT2D eigenvalue weighted by Crippen LogP contribution is 2.26. The summed E-state index contributed by atoms with van der Waals surface area (Å²) in [6, 6.07) is 0. The molecule has 0 aromatic heterocycles. The molecule has 2 rings (SSSR count). The molecule has 0 saturated carbocycles. The topological polar surface area (TPSA) is 231 Å². The monoisotopic (exact) mass is 927 g/mol. The second-order valence-corrected chi connectivity index (χ2v) is 17.3. The minimum Gasteiger partial charge on any atom is -0.462 e. The lowest BCUT2D eigenvalue weighted by atomic mass is 9.98. The van der Waals surface area contributed by atoms with Gasteiger partial charge in [-0.1, -0.05) is 127 Å². The highest BCUT2D eigenvalue weighted by atomic mass is 16.7. The normalized spacial score (nSPS) is 26.8. The van der Waals surface area contributed by atoms with Gasteiger partial charge in [-0.25, -0.2) is 0 Å². The van der Waals surface area contributed by atoms with Crippen LogP contribution in [0.5, 0.6) is 0 Å². The van der Waals surface area contributed by atoms with Crippen molar-refractivity contribution in [2.24, 2.45) is 0 Å². The average molecular weight is 927 g/mol. The smallest absolute Gasteiger partial charge is 0.306 e. The molecule has 7 N–H and O–H groups in total. The zero-order valence-electron chi connectivity index (χ0n) is 39.5. The number of aliphatic hydroxyl groups excluding tert-OH is 7. The quantitative estimate of drug-likeness (QED) is 0.0205. The van der Waals surface area contributed by atoms with Crippen LogP contribution in [-0.4, -0.2) is 142 Å². The van der Waals surface area contributed by atoms with Gasteiger partial charge in [0, 0.05) is 12.8 Å². The van der Waals surface area contributed by atoms with E-state index in [1.165, 1.54) is 32.1 Å². The van der Waals surface area contributed by atoms with Crippen molar-refractivity contribution in [2.75, 3.05) is 26.4 Å². The van der Waals surface area contributed by atoms with Crippen LogP contribution in [0.25, 0.3) is 0 Å². The van der Waals surface area contributed by atoms with Crippen LogP contribution >= 0.6 is 0 Å². The lowest BCUT2D eigenvalue weighted by Crippen LogP contribution is -2.61. The number of carbonyl (C=O) groups is 2. The number of allylic oxidation sites excluding steroid dienone is 8. The zero-order valence-corrected chi connectivity index (χ0v) is 39.5. The van der Waals surface area contributed by atoms with E-state index < -0.39 is 99.3 Å². The van der Waals surface area contributed by atoms with Gasteiger partial charge in [-0.3, -0.25) is 9.59 Å². The third-order valence-corrected chi connectivity index (χ3v) is 11.5. The third kappa shape index (κ3) is 26.0. The maximum Gasteiger partial charge on any atom is 0.306 e. The van der Waals surface area contributed by atoms with Gasteiger partial charge in [0.2, 0.25) is 0 Å². The number of unbranched alkanes of at least 4 members (excludes halogenated alkanes) is 15. The Kier molecular flexibility index (Phi) is 33.7. The molecule has 15 nitrogen and oxygen atoms in total. The Morgan fingerprint density at radius 3 is 1.54 bits per heavy atom. The number of rotatable bonds is 37. The van der Waals surface area contributed by atoms with Crippen LogP contribution in [0.3, 0.4) is 0 Å². The molecule has 0 radical (unpaired) electrons. The fourth-order valence-electron chi connectivity index (χ4n) is 7.46. The van der Waals surface area contributed by atoms with E-state index in [1.807, 2.05) is 0 Å². The van der Waals surface area contributed by atoms with E-state index in [9.17, 15) is 45.3 Å². The molecular formula is C50H86O15. The van der Waals surface area contributed by atoms with Crippen LogP contribution < -0.4 is 0 Å². The first-order chi connectivity index (χ1) is 31.5. The summed E-state index contributed by atoms with van der Waals surface area (Å²) in [5, 5.41) is 72.0. The van der Waals surface area contributed by atoms with Crippen LogP contribution in [0.2, 0.25) is 0 Å². The van der Waals surface area contributed by atoms with Crippen LogP contribution in [0, 0.1) is 0 Å². The van der Waals surface area contributed by atoms with Gasteiger partial charge < -0.3 is 64.2 Å². The first-order valence-electron chi connectivity index (χ1n) is 24.7. The van der Waals surface area contributed by atoms with Gasteiger partial charge in [0.1, 0.15) is 55.4 Å². The number of ether oxygens (including phenoxy) is 6. The van der Waals surface area contributed by atoms with Crippen molar-refractivity contribution in [1.29, 1.82) is 0 Å². The molecule has 65 heavy (non-hydrogen) atoms. The van der Waals surface area contributed by atoms with Crippen molar-refractivity contribution >= 4 is 11.9 Å². The second-order valence-electron chi connectivity index (χ2n) is 17.3. The van der Waals surface area contributed by atoms with Crippen molar-refractivity contribution in [1.82, 2.24) is 0 Å². The summed E-state index contributed by atoms with van der Waals surface area (Å²) in [7, 11) is 0. The van der Waals surface area contributed by atoms with Gasteiger partial charge in [0.05, 0.1) is 19.8 Å². The van der Waals surface area contributed by atoms with E-state index in [0.717, 1.165) is 89.9 Å². The van der Waals surface area contributed by atoms with Gasteiger partial charge in [-0.2, -0.15) is 0 Å². The van der Waals surface area contributed by atoms with Crippen LogP contribution in [0.4, 0.5) is 0 Å². The van der Waals surface area contributed by atoms with Crippen molar-refractivity contribution in [2.45, 2.75) is 229 Å². The highest BCUT2D eigenvalue weighted by Gasteiger charge is 2.47. The zero-order chi connectivity index (χ0) is 47.5. The third-order valence-electron chi connectivity index (χ3n) is 11.5. The Bertz CT molecular complexity index is 1320. The maximum atomic E-state index is 13.0. The summed E-state index contributed by atoms with van der Waals surface area (Å²) in [5.41, 5.74) is 0. The molecular weight excluding hydrogens is 841 g/mol. The minimum absolute atomic E-state index is 0.150. The Morgan fingerprint density at radius 2 is 0.969 bits per heavy atom. The fraction of sp³-hybridized carbons (Fsp3) is 0.800. The molecule has 2 fully saturated rings. The molecule has 0 amide bonds. The summed E-state index contributed by atoms with van der Waals surface area (Å²) in [5.74, 6) is -0.957. The summed E-state index contributed by atoms with van der Waals surface area (Å²) >= 11 is 0. The van der Waals surface area contributed by atoms with Crippen LogP contribution in [0.15, 0.2) is 48.6 Å². The Morgan fingerprint density at radius 1 is 0.508 bits per heavy atom. The van der Waals surface area contributed by atoms with Crippen LogP contribution in [0.1, 0.15) is 162 Å². The van der Waals surface area contributed by atoms with Gasteiger partial charge in [-0.15, -0.1) is 0 Å². The second kappa shape index (κ2) is 37.4. The lowest BCUT2D eigenvalue weighted by molar-refractivity contribution is -0.332. The number of carbonyl (C=O) groups excluding carboxylic acids is 2. The van der Waals surface area contributed by atoms with Gasteiger partial charge in [0.15, 0.2) is 18.7 Å². The minimum atomic E-state index is -1.77. The molecule has 2 aliphatic rings. The van der Waals surface area contributed by atoms with Crippen molar-refractivity contribution in [3.63, 3.8) is 0 Å². The first kappa shape index (κ1) is 58.6. The van der Waals surface area contributed by atoms with Crippen molar-refractivity contribution in [3.05, 3.63) is 48.6 Å². The Hall–Kier alpha value is -2.54. The molecule has 2 aliphatic heterocycles.